The minimum Gasteiger partial charge on any atom is -0.462 e. The maximum atomic E-state index is 12.9. The number of hydrogen-bond donors (Lipinski definition) is 0. The lowest BCUT2D eigenvalue weighted by Crippen LogP contribution is -2.30. The summed E-state index contributed by atoms with van der Waals surface area (Å²) in [4.78, 5) is 38.2. The molecule has 0 aliphatic heterocycles. The monoisotopic (exact) mass is 963 g/mol. The van der Waals surface area contributed by atoms with E-state index in [1.807, 2.05) is 72.9 Å². The van der Waals surface area contributed by atoms with Gasteiger partial charge in [0.1, 0.15) is 13.2 Å². The van der Waals surface area contributed by atoms with Crippen LogP contribution in [0, 0.1) is 0 Å². The number of carbonyl (C=O) groups excluding carboxylic acids is 3. The molecule has 0 amide bonds. The molecule has 0 saturated carbocycles. The number of hydrogen-bond acceptors (Lipinski definition) is 6. The maximum Gasteiger partial charge on any atom is 0.306 e. The minimum absolute atomic E-state index is 0.112. The lowest BCUT2D eigenvalue weighted by Gasteiger charge is -2.18. The van der Waals surface area contributed by atoms with Crippen LogP contribution < -0.4 is 0 Å². The van der Waals surface area contributed by atoms with Crippen LogP contribution in [0.25, 0.3) is 0 Å². The molecule has 0 aromatic heterocycles. The Morgan fingerprint density at radius 2 is 0.614 bits per heavy atom. The second kappa shape index (κ2) is 56.6. The molecule has 0 N–H and O–H groups in total. The number of esters is 3. The van der Waals surface area contributed by atoms with Crippen LogP contribution in [0.5, 0.6) is 0 Å². The van der Waals surface area contributed by atoms with Gasteiger partial charge in [0.2, 0.25) is 0 Å². The molecular weight excluding hydrogens is 865 g/mol. The topological polar surface area (TPSA) is 78.9 Å². The van der Waals surface area contributed by atoms with Crippen LogP contribution in [0.15, 0.2) is 158 Å². The third-order valence-corrected chi connectivity index (χ3v) is 11.0. The van der Waals surface area contributed by atoms with Crippen molar-refractivity contribution in [2.24, 2.45) is 0 Å². The SMILES string of the molecule is CC/C=C\C/C=C\C/C=C\CCCCCCCCC(=O)OCC(COC(=O)CCCCCCC\C=C/C=C\C=C/C=C\C=C/CCC)OC(=O)CCCCCCC\C=C/C=C\C=C/C=C\C=C/CCC. The Morgan fingerprint density at radius 3 is 1.00 bits per heavy atom. The van der Waals surface area contributed by atoms with E-state index in [-0.39, 0.29) is 37.5 Å². The molecule has 0 aromatic carbocycles. The van der Waals surface area contributed by atoms with Gasteiger partial charge in [-0.3, -0.25) is 14.4 Å². The van der Waals surface area contributed by atoms with Crippen molar-refractivity contribution in [1.82, 2.24) is 0 Å². The zero-order valence-corrected chi connectivity index (χ0v) is 44.5. The molecule has 0 heterocycles. The second-order valence-electron chi connectivity index (χ2n) is 17.6. The van der Waals surface area contributed by atoms with Gasteiger partial charge in [0.25, 0.3) is 0 Å². The first kappa shape index (κ1) is 65.0. The van der Waals surface area contributed by atoms with Crippen LogP contribution >= 0.6 is 0 Å². The van der Waals surface area contributed by atoms with Gasteiger partial charge in [-0.2, -0.15) is 0 Å². The van der Waals surface area contributed by atoms with Crippen molar-refractivity contribution in [3.8, 4) is 0 Å². The Labute approximate surface area is 429 Å². The van der Waals surface area contributed by atoms with E-state index >= 15 is 0 Å². The molecule has 0 spiro atoms. The Kier molecular flexibility index (Phi) is 52.6. The molecule has 1 unspecified atom stereocenters. The summed E-state index contributed by atoms with van der Waals surface area (Å²) in [6.45, 7) is 6.28. The van der Waals surface area contributed by atoms with Gasteiger partial charge in [0.15, 0.2) is 6.10 Å². The summed E-state index contributed by atoms with van der Waals surface area (Å²) in [6, 6.07) is 0. The summed E-state index contributed by atoms with van der Waals surface area (Å²) in [5, 5.41) is 0. The van der Waals surface area contributed by atoms with Crippen molar-refractivity contribution in [3.05, 3.63) is 158 Å². The number of allylic oxidation sites excluding steroid dienone is 26. The highest BCUT2D eigenvalue weighted by molar-refractivity contribution is 5.71. The van der Waals surface area contributed by atoms with Gasteiger partial charge < -0.3 is 14.2 Å². The number of unbranched alkanes of at least 4 members (excludes halogenated alkanes) is 18. The van der Waals surface area contributed by atoms with Crippen molar-refractivity contribution in [3.63, 3.8) is 0 Å². The number of carbonyl (C=O) groups is 3. The van der Waals surface area contributed by atoms with E-state index in [0.29, 0.717) is 12.8 Å². The molecule has 390 valence electrons. The first-order valence-corrected chi connectivity index (χ1v) is 27.6. The number of ether oxygens (including phenoxy) is 3. The molecule has 0 rings (SSSR count). The molecule has 1 atom stereocenters. The Balaban J connectivity index is 4.57. The van der Waals surface area contributed by atoms with Crippen molar-refractivity contribution in [2.75, 3.05) is 13.2 Å². The molecule has 0 fully saturated rings. The summed E-state index contributed by atoms with van der Waals surface area (Å²) in [7, 11) is 0. The summed E-state index contributed by atoms with van der Waals surface area (Å²) < 4.78 is 16.8. The molecule has 0 aliphatic rings. The van der Waals surface area contributed by atoms with E-state index < -0.39 is 6.10 Å². The minimum atomic E-state index is -0.817. The molecule has 0 aliphatic carbocycles. The fourth-order valence-electron chi connectivity index (χ4n) is 6.87. The molecule has 0 saturated heterocycles. The van der Waals surface area contributed by atoms with Crippen LogP contribution in [0.4, 0.5) is 0 Å². The van der Waals surface area contributed by atoms with Crippen molar-refractivity contribution < 1.29 is 28.6 Å². The van der Waals surface area contributed by atoms with E-state index in [1.54, 1.807) is 0 Å². The Hall–Kier alpha value is -4.97. The normalized spacial score (nSPS) is 13.4. The highest BCUT2D eigenvalue weighted by atomic mass is 16.6. The predicted octanol–water partition coefficient (Wildman–Crippen LogP) is 18.6. The van der Waals surface area contributed by atoms with Gasteiger partial charge >= 0.3 is 17.9 Å². The van der Waals surface area contributed by atoms with Gasteiger partial charge in [-0.15, -0.1) is 0 Å². The lowest BCUT2D eigenvalue weighted by atomic mass is 10.1. The van der Waals surface area contributed by atoms with E-state index in [0.717, 1.165) is 141 Å². The summed E-state index contributed by atoms with van der Waals surface area (Å²) >= 11 is 0. The molecule has 0 radical (unpaired) electrons. The zero-order chi connectivity index (χ0) is 50.7. The third-order valence-electron chi connectivity index (χ3n) is 11.0. The first-order valence-electron chi connectivity index (χ1n) is 27.6. The van der Waals surface area contributed by atoms with Gasteiger partial charge in [-0.1, -0.05) is 256 Å². The maximum absolute atomic E-state index is 12.9. The van der Waals surface area contributed by atoms with Crippen LogP contribution in [0.3, 0.4) is 0 Å². The molecule has 0 bridgehead atoms. The van der Waals surface area contributed by atoms with Gasteiger partial charge in [0.05, 0.1) is 0 Å². The second-order valence-corrected chi connectivity index (χ2v) is 17.6. The molecule has 70 heavy (non-hydrogen) atoms. The van der Waals surface area contributed by atoms with Crippen LogP contribution in [-0.2, 0) is 28.6 Å². The molecule has 0 aromatic rings. The molecular formula is C64H98O6. The smallest absolute Gasteiger partial charge is 0.306 e. The van der Waals surface area contributed by atoms with Crippen molar-refractivity contribution in [1.29, 1.82) is 0 Å². The first-order chi connectivity index (χ1) is 34.5. The fourth-order valence-corrected chi connectivity index (χ4v) is 6.87. The Bertz CT molecular complexity index is 1620. The highest BCUT2D eigenvalue weighted by Gasteiger charge is 2.19. The van der Waals surface area contributed by atoms with E-state index in [1.165, 1.54) is 25.7 Å². The third kappa shape index (κ3) is 54.0. The Morgan fingerprint density at radius 1 is 0.314 bits per heavy atom. The van der Waals surface area contributed by atoms with Crippen LogP contribution in [-0.4, -0.2) is 37.2 Å². The largest absolute Gasteiger partial charge is 0.462 e. The summed E-state index contributed by atoms with van der Waals surface area (Å²) in [5.74, 6) is -0.984. The van der Waals surface area contributed by atoms with E-state index in [2.05, 4.69) is 106 Å². The van der Waals surface area contributed by atoms with Gasteiger partial charge in [-0.25, -0.2) is 0 Å². The van der Waals surface area contributed by atoms with Crippen LogP contribution in [0.1, 0.15) is 207 Å². The molecule has 6 nitrogen and oxygen atoms in total. The lowest BCUT2D eigenvalue weighted by molar-refractivity contribution is -0.167. The summed E-state index contributed by atoms with van der Waals surface area (Å²) in [5.41, 5.74) is 0. The van der Waals surface area contributed by atoms with Crippen molar-refractivity contribution >= 4 is 17.9 Å². The average Bonchev–Trinajstić information content (AvgIpc) is 3.36. The van der Waals surface area contributed by atoms with E-state index in [9.17, 15) is 14.4 Å². The van der Waals surface area contributed by atoms with Gasteiger partial charge in [0, 0.05) is 19.3 Å². The number of rotatable bonds is 47. The molecule has 6 heteroatoms. The average molecular weight is 963 g/mol. The van der Waals surface area contributed by atoms with E-state index in [4.69, 9.17) is 14.2 Å². The predicted molar refractivity (Wildman–Crippen MR) is 302 cm³/mol. The standard InChI is InChI=1S/C64H98O6/c1-4-7-10-13-16-19-22-25-28-31-33-36-39-42-45-48-51-54-57-63(66)69-60-61(59-68-62(65)56-53-50-47-44-41-38-35-30-27-24-21-18-15-12-9-6-3)70-64(67)58-55-52-49-46-43-40-37-34-32-29-26-23-20-17-14-11-8-5-2/h9-14,16-23,25-34,36-37,61H,4-8,15,24,35,38-60H2,1-3H3/b12-9-,13-10-,14-11-,19-16-,20-17-,21-18-,25-22-,26-23-,30-27-,31-28-,32-29-,36-33-,37-34-. The summed E-state index contributed by atoms with van der Waals surface area (Å²) in [6.07, 6.45) is 82.1. The highest BCUT2D eigenvalue weighted by Crippen LogP contribution is 2.13. The van der Waals surface area contributed by atoms with Crippen molar-refractivity contribution in [2.45, 2.75) is 213 Å². The zero-order valence-electron chi connectivity index (χ0n) is 44.5. The quantitative estimate of drug-likeness (QED) is 0.0199. The van der Waals surface area contributed by atoms with Crippen LogP contribution in [0.2, 0.25) is 0 Å². The fraction of sp³-hybridized carbons (Fsp3) is 0.547. The van der Waals surface area contributed by atoms with Gasteiger partial charge in [-0.05, 0) is 89.9 Å².